The summed E-state index contributed by atoms with van der Waals surface area (Å²) in [5, 5.41) is 11.1. The van der Waals surface area contributed by atoms with Gasteiger partial charge in [-0.2, -0.15) is 0 Å². The molecule has 0 saturated carbocycles. The van der Waals surface area contributed by atoms with Gasteiger partial charge in [-0.15, -0.1) is 0 Å². The number of hydrogen-bond donors (Lipinski definition) is 1. The molecule has 0 aliphatic carbocycles. The zero-order valence-electron chi connectivity index (χ0n) is 9.18. The van der Waals surface area contributed by atoms with Crippen LogP contribution in [0.1, 0.15) is 0 Å². The smallest absolute Gasteiger partial charge is 0.223 e. The first-order valence-electron chi connectivity index (χ1n) is 4.72. The van der Waals surface area contributed by atoms with Gasteiger partial charge in [0, 0.05) is 5.39 Å². The van der Waals surface area contributed by atoms with Crippen LogP contribution in [0.2, 0.25) is 0 Å². The topological polar surface area (TPSA) is 85.2 Å². The van der Waals surface area contributed by atoms with Crippen LogP contribution in [0.15, 0.2) is 26.9 Å². The Balaban J connectivity index is 3.12. The fraction of sp³-hybridized carbons (Fsp3) is 0.182. The average Bonchev–Trinajstić information content (AvgIpc) is 2.60. The third kappa shape index (κ3) is 1.37. The summed E-state index contributed by atoms with van der Waals surface area (Å²) in [4.78, 5) is 23.5. The van der Waals surface area contributed by atoms with Gasteiger partial charge in [-0.25, -0.2) is 0 Å². The van der Waals surface area contributed by atoms with Crippen molar-refractivity contribution in [2.45, 2.75) is 0 Å². The molecule has 0 bridgehead atoms. The number of hydrogen-bond acceptors (Lipinski definition) is 6. The molecule has 0 spiro atoms. The number of methoxy groups -OCH3 is 2. The van der Waals surface area contributed by atoms with Crippen LogP contribution >= 0.6 is 0 Å². The average molecular weight is 235 g/mol. The minimum absolute atomic E-state index is 0.0737. The summed E-state index contributed by atoms with van der Waals surface area (Å²) in [5.74, 6) is 0.508. The Bertz CT molecular complexity index is 725. The molecule has 17 heavy (non-hydrogen) atoms. The Morgan fingerprint density at radius 2 is 1.82 bits per heavy atom. The highest BCUT2D eigenvalue weighted by molar-refractivity contribution is 5.91. The van der Waals surface area contributed by atoms with Crippen LogP contribution in [-0.4, -0.2) is 19.4 Å². The Morgan fingerprint density at radius 3 is 2.35 bits per heavy atom. The molecule has 2 aromatic carbocycles. The Labute approximate surface area is 95.0 Å². The molecule has 0 unspecified atom stereocenters. The zero-order chi connectivity index (χ0) is 12.6. The van der Waals surface area contributed by atoms with Crippen molar-refractivity contribution in [1.29, 1.82) is 0 Å². The van der Waals surface area contributed by atoms with E-state index in [4.69, 9.17) is 14.7 Å². The molecular weight excluding hydrogens is 226 g/mol. The summed E-state index contributed by atoms with van der Waals surface area (Å²) in [7, 11) is 2.79. The normalized spacial score (nSPS) is 12.0. The number of rotatable bonds is 2. The van der Waals surface area contributed by atoms with Gasteiger partial charge in [-0.1, -0.05) is 5.16 Å². The molecule has 0 fully saturated rings. The second-order valence-electron chi connectivity index (χ2n) is 3.33. The third-order valence-electron chi connectivity index (χ3n) is 2.55. The molecule has 0 radical (unpaired) electrons. The first-order valence-corrected chi connectivity index (χ1v) is 4.72. The summed E-state index contributed by atoms with van der Waals surface area (Å²) in [5.41, 5.74) is -1.28. The standard InChI is InChI=1S/C11H9NO5/c1-16-6-4-3-5-7(11(6)17-2)10(14)8(12-15)9(5)13/h3-4,15H,1-2H3. The van der Waals surface area contributed by atoms with Crippen molar-refractivity contribution >= 4 is 10.8 Å². The molecule has 0 heterocycles. The SMILES string of the molecule is COc1ccc2c(=O)c(=NO)c(=O)c2c1OC. The van der Waals surface area contributed by atoms with Gasteiger partial charge in [0.1, 0.15) is 0 Å². The molecule has 0 atom stereocenters. The van der Waals surface area contributed by atoms with E-state index in [0.717, 1.165) is 0 Å². The van der Waals surface area contributed by atoms with Gasteiger partial charge in [0.25, 0.3) is 0 Å². The van der Waals surface area contributed by atoms with Crippen LogP contribution in [0, 0.1) is 0 Å². The van der Waals surface area contributed by atoms with Gasteiger partial charge in [0.2, 0.25) is 10.9 Å². The van der Waals surface area contributed by atoms with E-state index in [9.17, 15) is 9.59 Å². The van der Waals surface area contributed by atoms with Gasteiger partial charge in [0.15, 0.2) is 16.9 Å². The minimum Gasteiger partial charge on any atom is -0.493 e. The van der Waals surface area contributed by atoms with Crippen LogP contribution in [0.3, 0.4) is 0 Å². The molecular formula is C11H9NO5. The van der Waals surface area contributed by atoms with Crippen LogP contribution in [0.25, 0.3) is 10.8 Å². The number of ether oxygens (including phenoxy) is 2. The van der Waals surface area contributed by atoms with Crippen LogP contribution in [0.4, 0.5) is 0 Å². The summed E-state index contributed by atoms with van der Waals surface area (Å²) in [6.45, 7) is 0. The van der Waals surface area contributed by atoms with E-state index in [1.807, 2.05) is 0 Å². The first kappa shape index (κ1) is 11.1. The van der Waals surface area contributed by atoms with Crippen LogP contribution < -0.4 is 25.7 Å². The van der Waals surface area contributed by atoms with E-state index in [2.05, 4.69) is 5.16 Å². The zero-order valence-corrected chi connectivity index (χ0v) is 9.18. The van der Waals surface area contributed by atoms with Crippen molar-refractivity contribution in [3.05, 3.63) is 37.9 Å². The Morgan fingerprint density at radius 1 is 1.12 bits per heavy atom. The largest absolute Gasteiger partial charge is 0.493 e. The van der Waals surface area contributed by atoms with Crippen molar-refractivity contribution in [3.63, 3.8) is 0 Å². The van der Waals surface area contributed by atoms with Gasteiger partial charge < -0.3 is 14.7 Å². The monoisotopic (exact) mass is 235 g/mol. The highest BCUT2D eigenvalue weighted by Crippen LogP contribution is 2.31. The highest BCUT2D eigenvalue weighted by Gasteiger charge is 2.18. The molecule has 88 valence electrons. The third-order valence-corrected chi connectivity index (χ3v) is 2.55. The first-order chi connectivity index (χ1) is 8.15. The lowest BCUT2D eigenvalue weighted by atomic mass is 10.2. The maximum absolute atomic E-state index is 11.8. The molecule has 0 amide bonds. The summed E-state index contributed by atoms with van der Waals surface area (Å²) >= 11 is 0. The second-order valence-corrected chi connectivity index (χ2v) is 3.33. The lowest BCUT2D eigenvalue weighted by molar-refractivity contribution is 0.301. The molecule has 2 rings (SSSR count). The lowest BCUT2D eigenvalue weighted by Gasteiger charge is -2.07. The molecule has 1 N–H and O–H groups in total. The minimum atomic E-state index is -0.664. The van der Waals surface area contributed by atoms with Crippen molar-refractivity contribution < 1.29 is 14.7 Å². The summed E-state index contributed by atoms with van der Waals surface area (Å²) < 4.78 is 10.1. The number of benzene rings is 1. The van der Waals surface area contributed by atoms with Gasteiger partial charge in [-0.05, 0) is 12.1 Å². The van der Waals surface area contributed by atoms with Gasteiger partial charge in [0.05, 0.1) is 19.6 Å². The summed E-state index contributed by atoms with van der Waals surface area (Å²) in [6, 6.07) is 2.96. The quantitative estimate of drug-likeness (QED) is 0.572. The van der Waals surface area contributed by atoms with Crippen LogP contribution in [-0.2, 0) is 0 Å². The van der Waals surface area contributed by atoms with Crippen LogP contribution in [0.5, 0.6) is 11.5 Å². The van der Waals surface area contributed by atoms with Crippen molar-refractivity contribution in [3.8, 4) is 11.5 Å². The highest BCUT2D eigenvalue weighted by atomic mass is 16.5. The Kier molecular flexibility index (Phi) is 2.55. The maximum Gasteiger partial charge on any atom is 0.223 e. The molecule has 0 aromatic heterocycles. The van der Waals surface area contributed by atoms with Gasteiger partial charge >= 0.3 is 0 Å². The van der Waals surface area contributed by atoms with Gasteiger partial charge in [-0.3, -0.25) is 9.59 Å². The van der Waals surface area contributed by atoms with Crippen molar-refractivity contribution in [2.24, 2.45) is 5.16 Å². The van der Waals surface area contributed by atoms with E-state index >= 15 is 0 Å². The Hall–Kier alpha value is -2.37. The van der Waals surface area contributed by atoms with E-state index < -0.39 is 16.2 Å². The van der Waals surface area contributed by atoms with E-state index in [0.29, 0.717) is 5.75 Å². The molecule has 0 aliphatic rings. The van der Waals surface area contributed by atoms with Crippen molar-refractivity contribution in [1.82, 2.24) is 0 Å². The number of nitrogens with zero attached hydrogens (tertiary/aromatic N) is 1. The molecule has 2 aromatic rings. The molecule has 6 heteroatoms. The van der Waals surface area contributed by atoms with Crippen molar-refractivity contribution in [2.75, 3.05) is 14.2 Å². The molecule has 0 aliphatic heterocycles. The van der Waals surface area contributed by atoms with E-state index in [1.165, 1.54) is 26.4 Å². The number of fused-ring (bicyclic) bond motifs is 1. The molecule has 6 nitrogen and oxygen atoms in total. The predicted octanol–water partition coefficient (Wildman–Crippen LogP) is -0.257. The van der Waals surface area contributed by atoms with E-state index in [1.54, 1.807) is 0 Å². The summed E-state index contributed by atoms with van der Waals surface area (Å²) in [6.07, 6.45) is 0. The predicted molar refractivity (Wildman–Crippen MR) is 59.3 cm³/mol. The fourth-order valence-corrected chi connectivity index (χ4v) is 1.78. The molecule has 0 saturated heterocycles. The second kappa shape index (κ2) is 3.89. The fourth-order valence-electron chi connectivity index (χ4n) is 1.78. The van der Waals surface area contributed by atoms with E-state index in [-0.39, 0.29) is 16.5 Å². The lowest BCUT2D eigenvalue weighted by Crippen LogP contribution is -2.31. The maximum atomic E-state index is 11.8.